The van der Waals surface area contributed by atoms with Crippen LogP contribution in [0.15, 0.2) is 47.9 Å². The second-order valence-corrected chi connectivity index (χ2v) is 7.48. The highest BCUT2D eigenvalue weighted by Gasteiger charge is 2.16. The van der Waals surface area contributed by atoms with Gasteiger partial charge < -0.3 is 4.57 Å². The first-order valence-electron chi connectivity index (χ1n) is 8.66. The second kappa shape index (κ2) is 7.47. The van der Waals surface area contributed by atoms with Crippen LogP contribution < -0.4 is 0 Å². The molecule has 2 heterocycles. The third kappa shape index (κ3) is 3.87. The van der Waals surface area contributed by atoms with Gasteiger partial charge in [0.25, 0.3) is 5.69 Å². The third-order valence-electron chi connectivity index (χ3n) is 4.33. The molecule has 10 heteroatoms. The normalized spacial score (nSPS) is 11.1. The predicted octanol–water partition coefficient (Wildman–Crippen LogP) is 3.61. The number of thioether (sulfide) groups is 1. The Morgan fingerprint density at radius 2 is 2.00 bits per heavy atom. The van der Waals surface area contributed by atoms with Crippen LogP contribution >= 0.6 is 11.8 Å². The Bertz CT molecular complexity index is 1250. The molecule has 2 aromatic carbocycles. The van der Waals surface area contributed by atoms with Crippen LogP contribution in [-0.4, -0.2) is 41.2 Å². The number of Topliss-reactive ketones (excluding diaryl/α,β-unsaturated/α-hetero) is 1. The van der Waals surface area contributed by atoms with E-state index >= 15 is 0 Å². The van der Waals surface area contributed by atoms with Gasteiger partial charge in [-0.25, -0.2) is 9.97 Å². The zero-order chi connectivity index (χ0) is 20.5. The topological polar surface area (TPSA) is 120 Å². The molecular weight excluding hydrogens is 392 g/mol. The van der Waals surface area contributed by atoms with E-state index in [1.807, 2.05) is 35.9 Å². The van der Waals surface area contributed by atoms with E-state index in [2.05, 4.69) is 20.2 Å². The first kappa shape index (κ1) is 18.8. The Morgan fingerprint density at radius 3 is 2.76 bits per heavy atom. The van der Waals surface area contributed by atoms with Crippen molar-refractivity contribution in [2.24, 2.45) is 7.05 Å². The third-order valence-corrected chi connectivity index (χ3v) is 5.32. The van der Waals surface area contributed by atoms with Crippen molar-refractivity contribution in [1.29, 1.82) is 0 Å². The maximum absolute atomic E-state index is 11.5. The summed E-state index contributed by atoms with van der Waals surface area (Å²) in [5, 5.41) is 18.8. The number of ketones is 1. The molecule has 0 saturated carbocycles. The molecule has 0 spiro atoms. The van der Waals surface area contributed by atoms with Crippen molar-refractivity contribution in [3.63, 3.8) is 0 Å². The molecule has 4 rings (SSSR count). The van der Waals surface area contributed by atoms with E-state index in [0.717, 1.165) is 16.6 Å². The zero-order valence-electron chi connectivity index (χ0n) is 15.6. The zero-order valence-corrected chi connectivity index (χ0v) is 16.4. The molecule has 0 aliphatic rings. The van der Waals surface area contributed by atoms with Crippen molar-refractivity contribution >= 4 is 34.3 Å². The lowest BCUT2D eigenvalue weighted by atomic mass is 10.0. The molecule has 2 aromatic heterocycles. The number of nitro benzene ring substituents is 1. The van der Waals surface area contributed by atoms with Crippen molar-refractivity contribution in [2.75, 3.05) is 5.75 Å². The summed E-state index contributed by atoms with van der Waals surface area (Å²) in [6, 6.07) is 10.5. The molecule has 0 amide bonds. The minimum Gasteiger partial charge on any atom is -0.334 e. The van der Waals surface area contributed by atoms with Crippen LogP contribution in [0, 0.1) is 10.1 Å². The SMILES string of the molecule is CC(=O)CSc1n[nH]c(-c2cc(-c3ccc4c(c3)ncn4C)cc([N+](=O)[O-])c2)n1. The van der Waals surface area contributed by atoms with Gasteiger partial charge in [0.1, 0.15) is 5.78 Å². The molecule has 29 heavy (non-hydrogen) atoms. The molecule has 0 radical (unpaired) electrons. The van der Waals surface area contributed by atoms with Crippen LogP contribution in [0.4, 0.5) is 5.69 Å². The van der Waals surface area contributed by atoms with Crippen molar-refractivity contribution < 1.29 is 9.72 Å². The van der Waals surface area contributed by atoms with Crippen LogP contribution in [0.3, 0.4) is 0 Å². The number of aryl methyl sites for hydroxylation is 1. The Morgan fingerprint density at radius 1 is 1.21 bits per heavy atom. The van der Waals surface area contributed by atoms with Gasteiger partial charge in [0.2, 0.25) is 5.16 Å². The van der Waals surface area contributed by atoms with Crippen molar-refractivity contribution in [1.82, 2.24) is 24.7 Å². The summed E-state index contributed by atoms with van der Waals surface area (Å²) >= 11 is 1.21. The first-order valence-corrected chi connectivity index (χ1v) is 9.65. The summed E-state index contributed by atoms with van der Waals surface area (Å²) in [6.45, 7) is 1.49. The van der Waals surface area contributed by atoms with Gasteiger partial charge in [-0.3, -0.25) is 20.0 Å². The average Bonchev–Trinajstić information content (AvgIpc) is 3.33. The number of hydrogen-bond acceptors (Lipinski definition) is 7. The second-order valence-electron chi connectivity index (χ2n) is 6.54. The van der Waals surface area contributed by atoms with E-state index in [0.29, 0.717) is 22.1 Å². The van der Waals surface area contributed by atoms with Gasteiger partial charge in [-0.15, -0.1) is 5.10 Å². The minimum atomic E-state index is -0.436. The molecule has 0 saturated heterocycles. The number of nitrogens with one attached hydrogen (secondary N) is 1. The summed E-state index contributed by atoms with van der Waals surface area (Å²) in [7, 11) is 1.91. The number of aromatic amines is 1. The molecule has 0 fully saturated rings. The van der Waals surface area contributed by atoms with Crippen LogP contribution in [0.25, 0.3) is 33.5 Å². The van der Waals surface area contributed by atoms with Crippen LogP contribution in [0.1, 0.15) is 6.92 Å². The number of nitrogens with zero attached hydrogens (tertiary/aromatic N) is 5. The summed E-state index contributed by atoms with van der Waals surface area (Å²) < 4.78 is 1.91. The average molecular weight is 408 g/mol. The number of hydrogen-bond donors (Lipinski definition) is 1. The summed E-state index contributed by atoms with van der Waals surface area (Å²) in [5.41, 5.74) is 3.76. The van der Waals surface area contributed by atoms with Crippen LogP contribution in [0.5, 0.6) is 0 Å². The molecule has 0 aliphatic heterocycles. The van der Waals surface area contributed by atoms with Gasteiger partial charge in [0.05, 0.1) is 28.0 Å². The lowest BCUT2D eigenvalue weighted by molar-refractivity contribution is -0.384. The molecule has 1 N–H and O–H groups in total. The molecule has 146 valence electrons. The van der Waals surface area contributed by atoms with Crippen LogP contribution in [0.2, 0.25) is 0 Å². The number of benzene rings is 2. The minimum absolute atomic E-state index is 0.0175. The van der Waals surface area contributed by atoms with Gasteiger partial charge >= 0.3 is 0 Å². The number of rotatable bonds is 6. The van der Waals surface area contributed by atoms with Crippen molar-refractivity contribution in [2.45, 2.75) is 12.1 Å². The van der Waals surface area contributed by atoms with E-state index < -0.39 is 4.92 Å². The maximum Gasteiger partial charge on any atom is 0.270 e. The van der Waals surface area contributed by atoms with Gasteiger partial charge in [-0.2, -0.15) is 0 Å². The summed E-state index contributed by atoms with van der Waals surface area (Å²) in [4.78, 5) is 30.9. The number of fused-ring (bicyclic) bond motifs is 1. The standard InChI is InChI=1S/C19H16N6O3S/c1-11(26)9-29-19-21-18(22-23-19)14-5-13(6-15(7-14)25(27)28)12-3-4-17-16(8-12)20-10-24(17)2/h3-8,10H,9H2,1-2H3,(H,21,22,23). The number of H-pyrrole nitrogens is 1. The predicted molar refractivity (Wildman–Crippen MR) is 110 cm³/mol. The van der Waals surface area contributed by atoms with Crippen LogP contribution in [-0.2, 0) is 11.8 Å². The monoisotopic (exact) mass is 408 g/mol. The Kier molecular flexibility index (Phi) is 4.85. The van der Waals surface area contributed by atoms with Gasteiger partial charge in [0.15, 0.2) is 5.82 Å². The smallest absolute Gasteiger partial charge is 0.270 e. The lowest BCUT2D eigenvalue weighted by Gasteiger charge is -2.05. The lowest BCUT2D eigenvalue weighted by Crippen LogP contribution is -1.93. The number of carbonyl (C=O) groups is 1. The molecule has 0 atom stereocenters. The number of aromatic nitrogens is 5. The Hall–Kier alpha value is -3.53. The summed E-state index contributed by atoms with van der Waals surface area (Å²) in [5.74, 6) is 0.686. The van der Waals surface area contributed by atoms with Gasteiger partial charge in [-0.1, -0.05) is 17.8 Å². The summed E-state index contributed by atoms with van der Waals surface area (Å²) in [6.07, 6.45) is 1.72. The van der Waals surface area contributed by atoms with E-state index in [1.54, 1.807) is 6.33 Å². The van der Waals surface area contributed by atoms with E-state index in [1.165, 1.54) is 30.8 Å². The van der Waals surface area contributed by atoms with Crippen molar-refractivity contribution in [3.05, 3.63) is 52.8 Å². The molecule has 0 aliphatic carbocycles. The first-order chi connectivity index (χ1) is 13.9. The quantitative estimate of drug-likeness (QED) is 0.294. The van der Waals surface area contributed by atoms with E-state index in [9.17, 15) is 14.9 Å². The highest BCUT2D eigenvalue weighted by atomic mass is 32.2. The van der Waals surface area contributed by atoms with E-state index in [-0.39, 0.29) is 17.2 Å². The number of nitro groups is 1. The molecule has 9 nitrogen and oxygen atoms in total. The fraction of sp³-hybridized carbons (Fsp3) is 0.158. The highest BCUT2D eigenvalue weighted by molar-refractivity contribution is 7.99. The largest absolute Gasteiger partial charge is 0.334 e. The fourth-order valence-corrected chi connectivity index (χ4v) is 3.54. The van der Waals surface area contributed by atoms with Gasteiger partial charge in [-0.05, 0) is 36.2 Å². The Balaban J connectivity index is 1.76. The molecule has 4 aromatic rings. The number of non-ortho nitro benzene ring substituents is 1. The molecule has 0 unspecified atom stereocenters. The van der Waals surface area contributed by atoms with Crippen molar-refractivity contribution in [3.8, 4) is 22.5 Å². The molecular formula is C19H16N6O3S. The number of imidazole rings is 1. The highest BCUT2D eigenvalue weighted by Crippen LogP contribution is 2.32. The fourth-order valence-electron chi connectivity index (χ4n) is 2.94. The Labute approximate surface area is 169 Å². The molecule has 0 bridgehead atoms. The van der Waals surface area contributed by atoms with E-state index in [4.69, 9.17) is 0 Å². The van der Waals surface area contributed by atoms with Gasteiger partial charge in [0, 0.05) is 24.7 Å². The number of carbonyl (C=O) groups excluding carboxylic acids is 1. The maximum atomic E-state index is 11.5.